The first-order valence-corrected chi connectivity index (χ1v) is 5.05. The lowest BCUT2D eigenvalue weighted by Gasteiger charge is -1.97. The molecule has 4 nitrogen and oxygen atoms in total. The van der Waals surface area contributed by atoms with Crippen molar-refractivity contribution in [1.29, 1.82) is 0 Å². The first kappa shape index (κ1) is 9.86. The summed E-state index contributed by atoms with van der Waals surface area (Å²) in [5.41, 5.74) is 2.16. The number of nitrogens with zero attached hydrogens (tertiary/aromatic N) is 2. The summed E-state index contributed by atoms with van der Waals surface area (Å²) in [7, 11) is 0. The van der Waals surface area contributed by atoms with Crippen LogP contribution in [-0.4, -0.2) is 21.5 Å². The number of aromatic amines is 1. The standard InChI is InChI=1S/C11H14N4/c1-2-12-7-10-8-14-11(15-10)9-3-5-13-6-4-9/h3-6,8,12H,2,7H2,1H3,(H,14,15). The highest BCUT2D eigenvalue weighted by molar-refractivity contribution is 5.53. The minimum atomic E-state index is 0.828. The van der Waals surface area contributed by atoms with E-state index < -0.39 is 0 Å². The number of imidazole rings is 1. The van der Waals surface area contributed by atoms with Crippen LogP contribution >= 0.6 is 0 Å². The van der Waals surface area contributed by atoms with Crippen molar-refractivity contribution < 1.29 is 0 Å². The Hall–Kier alpha value is -1.68. The molecule has 0 aliphatic heterocycles. The number of nitrogens with one attached hydrogen (secondary N) is 2. The van der Waals surface area contributed by atoms with Crippen molar-refractivity contribution in [2.75, 3.05) is 6.54 Å². The average molecular weight is 202 g/mol. The average Bonchev–Trinajstić information content (AvgIpc) is 2.76. The van der Waals surface area contributed by atoms with Crippen LogP contribution in [0.5, 0.6) is 0 Å². The minimum absolute atomic E-state index is 0.828. The number of aromatic nitrogens is 3. The fraction of sp³-hybridized carbons (Fsp3) is 0.273. The molecule has 2 rings (SSSR count). The quantitative estimate of drug-likeness (QED) is 0.791. The van der Waals surface area contributed by atoms with E-state index in [1.54, 1.807) is 12.4 Å². The Morgan fingerprint density at radius 2 is 2.13 bits per heavy atom. The minimum Gasteiger partial charge on any atom is -0.341 e. The van der Waals surface area contributed by atoms with Crippen LogP contribution in [0.15, 0.2) is 30.7 Å². The molecule has 15 heavy (non-hydrogen) atoms. The molecule has 4 heteroatoms. The summed E-state index contributed by atoms with van der Waals surface area (Å²) in [6.07, 6.45) is 5.39. The van der Waals surface area contributed by atoms with Gasteiger partial charge in [-0.2, -0.15) is 0 Å². The Morgan fingerprint density at radius 3 is 2.87 bits per heavy atom. The first-order valence-electron chi connectivity index (χ1n) is 5.05. The molecule has 2 aromatic rings. The molecular weight excluding hydrogens is 188 g/mol. The van der Waals surface area contributed by atoms with Crippen molar-refractivity contribution in [3.05, 3.63) is 36.4 Å². The third kappa shape index (κ3) is 2.41. The summed E-state index contributed by atoms with van der Waals surface area (Å²) in [6.45, 7) is 3.87. The molecule has 0 aliphatic rings. The molecule has 0 bridgehead atoms. The molecule has 0 fully saturated rings. The largest absolute Gasteiger partial charge is 0.341 e. The summed E-state index contributed by atoms with van der Waals surface area (Å²) >= 11 is 0. The van der Waals surface area contributed by atoms with Crippen molar-refractivity contribution in [2.45, 2.75) is 13.5 Å². The lowest BCUT2D eigenvalue weighted by molar-refractivity contribution is 0.714. The van der Waals surface area contributed by atoms with Gasteiger partial charge in [-0.3, -0.25) is 4.98 Å². The molecule has 2 heterocycles. The second-order valence-corrected chi connectivity index (χ2v) is 3.27. The van der Waals surface area contributed by atoms with Crippen molar-refractivity contribution in [2.24, 2.45) is 0 Å². The highest BCUT2D eigenvalue weighted by Crippen LogP contribution is 2.13. The predicted molar refractivity (Wildman–Crippen MR) is 59.2 cm³/mol. The summed E-state index contributed by atoms with van der Waals surface area (Å²) < 4.78 is 0. The van der Waals surface area contributed by atoms with E-state index in [9.17, 15) is 0 Å². The van der Waals surface area contributed by atoms with Gasteiger partial charge in [0.05, 0.1) is 0 Å². The third-order valence-electron chi connectivity index (χ3n) is 2.15. The van der Waals surface area contributed by atoms with Crippen LogP contribution in [0.2, 0.25) is 0 Å². The number of hydrogen-bond acceptors (Lipinski definition) is 3. The number of pyridine rings is 1. The Kier molecular flexibility index (Phi) is 3.09. The lowest BCUT2D eigenvalue weighted by atomic mass is 10.2. The van der Waals surface area contributed by atoms with Crippen LogP contribution in [0, 0.1) is 0 Å². The molecule has 0 saturated carbocycles. The molecular formula is C11H14N4. The highest BCUT2D eigenvalue weighted by atomic mass is 15.0. The van der Waals surface area contributed by atoms with Gasteiger partial charge in [0.15, 0.2) is 0 Å². The van der Waals surface area contributed by atoms with Crippen molar-refractivity contribution in [3.63, 3.8) is 0 Å². The second-order valence-electron chi connectivity index (χ2n) is 3.27. The van der Waals surface area contributed by atoms with E-state index >= 15 is 0 Å². The van der Waals surface area contributed by atoms with Crippen LogP contribution in [0.4, 0.5) is 0 Å². The maximum Gasteiger partial charge on any atom is 0.137 e. The van der Waals surface area contributed by atoms with Crippen LogP contribution in [-0.2, 0) is 6.54 Å². The maximum absolute atomic E-state index is 4.32. The highest BCUT2D eigenvalue weighted by Gasteiger charge is 2.01. The zero-order valence-corrected chi connectivity index (χ0v) is 8.70. The van der Waals surface area contributed by atoms with Gasteiger partial charge in [-0.05, 0) is 18.7 Å². The fourth-order valence-electron chi connectivity index (χ4n) is 1.37. The zero-order valence-electron chi connectivity index (χ0n) is 8.70. The smallest absolute Gasteiger partial charge is 0.137 e. The van der Waals surface area contributed by atoms with E-state index in [-0.39, 0.29) is 0 Å². The molecule has 78 valence electrons. The van der Waals surface area contributed by atoms with Gasteiger partial charge in [0, 0.05) is 36.4 Å². The summed E-state index contributed by atoms with van der Waals surface area (Å²) in [6, 6.07) is 3.88. The molecule has 0 amide bonds. The van der Waals surface area contributed by atoms with Gasteiger partial charge in [0.2, 0.25) is 0 Å². The molecule has 2 aromatic heterocycles. The molecule has 0 radical (unpaired) electrons. The Labute approximate surface area is 88.8 Å². The summed E-state index contributed by atoms with van der Waals surface area (Å²) in [4.78, 5) is 11.6. The molecule has 0 spiro atoms. The normalized spacial score (nSPS) is 10.5. The zero-order chi connectivity index (χ0) is 10.5. The third-order valence-corrected chi connectivity index (χ3v) is 2.15. The van der Waals surface area contributed by atoms with Gasteiger partial charge in [-0.1, -0.05) is 6.92 Å². The van der Waals surface area contributed by atoms with Crippen LogP contribution in [0.3, 0.4) is 0 Å². The van der Waals surface area contributed by atoms with E-state index in [4.69, 9.17) is 0 Å². The van der Waals surface area contributed by atoms with Crippen molar-refractivity contribution in [3.8, 4) is 11.4 Å². The van der Waals surface area contributed by atoms with Crippen molar-refractivity contribution in [1.82, 2.24) is 20.3 Å². The Bertz CT molecular complexity index is 408. The molecule has 0 saturated heterocycles. The lowest BCUT2D eigenvalue weighted by Crippen LogP contribution is -2.11. The molecule has 2 N–H and O–H groups in total. The van der Waals surface area contributed by atoms with Gasteiger partial charge in [0.1, 0.15) is 5.82 Å². The second kappa shape index (κ2) is 4.70. The summed E-state index contributed by atoms with van der Waals surface area (Å²) in [5.74, 6) is 0.894. The van der Waals surface area contributed by atoms with E-state index in [1.165, 1.54) is 0 Å². The van der Waals surface area contributed by atoms with Gasteiger partial charge >= 0.3 is 0 Å². The van der Waals surface area contributed by atoms with Crippen LogP contribution < -0.4 is 5.32 Å². The van der Waals surface area contributed by atoms with Gasteiger partial charge in [0.25, 0.3) is 0 Å². The molecule has 0 aliphatic carbocycles. The predicted octanol–water partition coefficient (Wildman–Crippen LogP) is 1.58. The topological polar surface area (TPSA) is 53.6 Å². The Balaban J connectivity index is 2.14. The molecule has 0 atom stereocenters. The number of rotatable bonds is 4. The number of hydrogen-bond donors (Lipinski definition) is 2. The van der Waals surface area contributed by atoms with Crippen LogP contribution in [0.25, 0.3) is 11.4 Å². The van der Waals surface area contributed by atoms with Gasteiger partial charge < -0.3 is 10.3 Å². The summed E-state index contributed by atoms with van der Waals surface area (Å²) in [5, 5.41) is 3.25. The Morgan fingerprint density at radius 1 is 1.33 bits per heavy atom. The maximum atomic E-state index is 4.32. The van der Waals surface area contributed by atoms with Crippen LogP contribution in [0.1, 0.15) is 12.6 Å². The monoisotopic (exact) mass is 202 g/mol. The number of H-pyrrole nitrogens is 1. The fourth-order valence-corrected chi connectivity index (χ4v) is 1.37. The van der Waals surface area contributed by atoms with E-state index in [0.29, 0.717) is 0 Å². The SMILES string of the molecule is CCNCc1cnc(-c2ccncc2)[nH]1. The van der Waals surface area contributed by atoms with E-state index in [0.717, 1.165) is 30.2 Å². The van der Waals surface area contributed by atoms with Crippen molar-refractivity contribution >= 4 is 0 Å². The van der Waals surface area contributed by atoms with E-state index in [1.807, 2.05) is 18.3 Å². The molecule has 0 unspecified atom stereocenters. The molecule has 0 aromatic carbocycles. The van der Waals surface area contributed by atoms with Gasteiger partial charge in [-0.25, -0.2) is 4.98 Å². The first-order chi connectivity index (χ1) is 7.40. The van der Waals surface area contributed by atoms with E-state index in [2.05, 4.69) is 27.2 Å². The van der Waals surface area contributed by atoms with Gasteiger partial charge in [-0.15, -0.1) is 0 Å².